The van der Waals surface area contributed by atoms with Crippen LogP contribution in [-0.2, 0) is 6.54 Å². The molecular weight excluding hydrogens is 489 g/mol. The van der Waals surface area contributed by atoms with E-state index in [1.165, 1.54) is 51.4 Å². The van der Waals surface area contributed by atoms with Crippen LogP contribution in [0.4, 0.5) is 0 Å². The first-order chi connectivity index (χ1) is 14.1. The van der Waals surface area contributed by atoms with Gasteiger partial charge in [0.15, 0.2) is 5.96 Å². The lowest BCUT2D eigenvalue weighted by molar-refractivity contribution is 0.166. The summed E-state index contributed by atoms with van der Waals surface area (Å²) in [6, 6.07) is 0. The molecule has 1 saturated carbocycles. The van der Waals surface area contributed by atoms with Crippen LogP contribution in [0.25, 0.3) is 0 Å². The third kappa shape index (κ3) is 8.36. The minimum Gasteiger partial charge on any atom is -0.444 e. The number of hydrogen-bond acceptors (Lipinski definition) is 4. The second-order valence-electron chi connectivity index (χ2n) is 8.91. The van der Waals surface area contributed by atoms with E-state index in [1.54, 1.807) is 0 Å². The van der Waals surface area contributed by atoms with Gasteiger partial charge in [-0.2, -0.15) is 0 Å². The van der Waals surface area contributed by atoms with Crippen molar-refractivity contribution in [3.8, 4) is 0 Å². The predicted molar refractivity (Wildman–Crippen MR) is 135 cm³/mol. The van der Waals surface area contributed by atoms with Gasteiger partial charge >= 0.3 is 0 Å². The largest absolute Gasteiger partial charge is 0.444 e. The third-order valence-corrected chi connectivity index (χ3v) is 6.55. The zero-order valence-corrected chi connectivity index (χ0v) is 21.5. The molecule has 1 aromatic heterocycles. The minimum atomic E-state index is 0. The smallest absolute Gasteiger partial charge is 0.208 e. The number of nitrogens with one attached hydrogen (secondary N) is 2. The van der Waals surface area contributed by atoms with Gasteiger partial charge in [-0.3, -0.25) is 9.89 Å². The Morgan fingerprint density at radius 3 is 2.47 bits per heavy atom. The molecule has 172 valence electrons. The summed E-state index contributed by atoms with van der Waals surface area (Å²) < 4.78 is 5.74. The van der Waals surface area contributed by atoms with Crippen LogP contribution in [0.1, 0.15) is 75.6 Å². The topological polar surface area (TPSA) is 65.7 Å². The molecule has 1 aliphatic carbocycles. The summed E-state index contributed by atoms with van der Waals surface area (Å²) in [6.07, 6.45) is 10.8. The van der Waals surface area contributed by atoms with Gasteiger partial charge in [0, 0.05) is 19.6 Å². The summed E-state index contributed by atoms with van der Waals surface area (Å²) in [4.78, 5) is 11.8. The van der Waals surface area contributed by atoms with Gasteiger partial charge in [-0.15, -0.1) is 24.0 Å². The summed E-state index contributed by atoms with van der Waals surface area (Å²) in [5.41, 5.74) is 1.01. The van der Waals surface area contributed by atoms with Crippen molar-refractivity contribution in [1.82, 2.24) is 20.5 Å². The highest BCUT2D eigenvalue weighted by Gasteiger charge is 2.21. The highest BCUT2D eigenvalue weighted by molar-refractivity contribution is 14.0. The summed E-state index contributed by atoms with van der Waals surface area (Å²) in [5, 5.41) is 6.95. The van der Waals surface area contributed by atoms with Crippen LogP contribution in [0.2, 0.25) is 0 Å². The lowest BCUT2D eigenvalue weighted by Gasteiger charge is -2.30. The number of nitrogens with zero attached hydrogens (tertiary/aromatic N) is 3. The second kappa shape index (κ2) is 13.6. The molecule has 30 heavy (non-hydrogen) atoms. The number of rotatable bonds is 9. The van der Waals surface area contributed by atoms with Crippen LogP contribution < -0.4 is 10.6 Å². The second-order valence-corrected chi connectivity index (χ2v) is 8.91. The first-order valence-corrected chi connectivity index (χ1v) is 11.8. The number of aliphatic imine (C=N–C) groups is 1. The van der Waals surface area contributed by atoms with E-state index < -0.39 is 0 Å². The molecule has 3 rings (SSSR count). The van der Waals surface area contributed by atoms with Gasteiger partial charge in [-0.1, -0.05) is 25.7 Å². The zero-order chi connectivity index (χ0) is 20.5. The van der Waals surface area contributed by atoms with Gasteiger partial charge in [0.2, 0.25) is 5.89 Å². The number of oxazole rings is 1. The highest BCUT2D eigenvalue weighted by atomic mass is 127. The van der Waals surface area contributed by atoms with Gasteiger partial charge in [-0.25, -0.2) is 4.98 Å². The number of hydrogen-bond donors (Lipinski definition) is 2. The van der Waals surface area contributed by atoms with Crippen molar-refractivity contribution >= 4 is 29.9 Å². The van der Waals surface area contributed by atoms with E-state index in [4.69, 9.17) is 9.41 Å². The maximum Gasteiger partial charge on any atom is 0.208 e. The SMILES string of the molecule is CCNC(=NCC1CCN(Cc2nc(C)c(C)o2)CC1)NCCCC1CCCC1.I. The molecule has 0 atom stereocenters. The van der Waals surface area contributed by atoms with Crippen molar-refractivity contribution in [3.63, 3.8) is 0 Å². The van der Waals surface area contributed by atoms with Gasteiger partial charge in [0.05, 0.1) is 12.2 Å². The molecule has 0 bridgehead atoms. The van der Waals surface area contributed by atoms with E-state index in [9.17, 15) is 0 Å². The van der Waals surface area contributed by atoms with Gasteiger partial charge < -0.3 is 15.1 Å². The highest BCUT2D eigenvalue weighted by Crippen LogP contribution is 2.28. The van der Waals surface area contributed by atoms with E-state index in [0.29, 0.717) is 5.92 Å². The first kappa shape index (κ1) is 25.4. The summed E-state index contributed by atoms with van der Waals surface area (Å²) in [6.45, 7) is 12.0. The predicted octanol–water partition coefficient (Wildman–Crippen LogP) is 4.65. The van der Waals surface area contributed by atoms with Crippen molar-refractivity contribution in [3.05, 3.63) is 17.3 Å². The Balaban J connectivity index is 0.00000320. The molecule has 2 heterocycles. The maximum atomic E-state index is 5.74. The van der Waals surface area contributed by atoms with Crippen LogP contribution in [0, 0.1) is 25.7 Å². The van der Waals surface area contributed by atoms with E-state index in [2.05, 4.69) is 27.4 Å². The average molecular weight is 532 g/mol. The van der Waals surface area contributed by atoms with E-state index in [-0.39, 0.29) is 24.0 Å². The Kier molecular flexibility index (Phi) is 11.5. The van der Waals surface area contributed by atoms with Crippen molar-refractivity contribution in [2.45, 2.75) is 78.7 Å². The quantitative estimate of drug-likeness (QED) is 0.210. The number of halogens is 1. The number of aromatic nitrogens is 1. The Hall–Kier alpha value is -0.830. The maximum absolute atomic E-state index is 5.74. The Morgan fingerprint density at radius 2 is 1.83 bits per heavy atom. The Morgan fingerprint density at radius 1 is 1.10 bits per heavy atom. The monoisotopic (exact) mass is 531 g/mol. The van der Waals surface area contributed by atoms with Crippen LogP contribution in [0.15, 0.2) is 9.41 Å². The van der Waals surface area contributed by atoms with Crippen LogP contribution >= 0.6 is 24.0 Å². The lowest BCUT2D eigenvalue weighted by Crippen LogP contribution is -2.39. The van der Waals surface area contributed by atoms with E-state index >= 15 is 0 Å². The van der Waals surface area contributed by atoms with Crippen molar-refractivity contribution < 1.29 is 4.42 Å². The van der Waals surface area contributed by atoms with Crippen molar-refractivity contribution in [2.24, 2.45) is 16.8 Å². The molecular formula is C23H42IN5O. The van der Waals surface area contributed by atoms with Gasteiger partial charge in [-0.05, 0) is 71.4 Å². The lowest BCUT2D eigenvalue weighted by atomic mass is 9.97. The first-order valence-electron chi connectivity index (χ1n) is 11.8. The Labute approximate surface area is 200 Å². The standard InChI is InChI=1S/C23H41N5O.HI/c1-4-24-23(25-13-7-10-20-8-5-6-9-20)26-16-21-11-14-28(15-12-21)17-22-27-18(2)19(3)29-22;/h20-21H,4-17H2,1-3H3,(H2,24,25,26);1H. The third-order valence-electron chi connectivity index (χ3n) is 6.55. The Bertz CT molecular complexity index is 614. The molecule has 0 spiro atoms. The van der Waals surface area contributed by atoms with Gasteiger partial charge in [0.1, 0.15) is 5.76 Å². The molecule has 6 nitrogen and oxygen atoms in total. The fourth-order valence-electron chi connectivity index (χ4n) is 4.58. The number of piperidine rings is 1. The molecule has 1 saturated heterocycles. The molecule has 7 heteroatoms. The fraction of sp³-hybridized carbons (Fsp3) is 0.826. The molecule has 0 radical (unpaired) electrons. The van der Waals surface area contributed by atoms with Crippen LogP contribution in [-0.4, -0.2) is 48.6 Å². The minimum absolute atomic E-state index is 0. The molecule has 1 aliphatic heterocycles. The molecule has 2 aliphatic rings. The van der Waals surface area contributed by atoms with E-state index in [1.807, 2.05) is 13.8 Å². The van der Waals surface area contributed by atoms with Crippen molar-refractivity contribution in [1.29, 1.82) is 0 Å². The fourth-order valence-corrected chi connectivity index (χ4v) is 4.58. The van der Waals surface area contributed by atoms with Crippen molar-refractivity contribution in [2.75, 3.05) is 32.7 Å². The zero-order valence-electron chi connectivity index (χ0n) is 19.2. The molecule has 2 fully saturated rings. The van der Waals surface area contributed by atoms with E-state index in [0.717, 1.165) is 68.5 Å². The average Bonchev–Trinajstić information content (AvgIpc) is 3.34. The normalized spacial score (nSPS) is 19.1. The van der Waals surface area contributed by atoms with Crippen LogP contribution in [0.3, 0.4) is 0 Å². The molecule has 0 unspecified atom stereocenters. The number of guanidine groups is 1. The molecule has 0 aromatic carbocycles. The molecule has 1 aromatic rings. The van der Waals surface area contributed by atoms with Gasteiger partial charge in [0.25, 0.3) is 0 Å². The van der Waals surface area contributed by atoms with Crippen LogP contribution in [0.5, 0.6) is 0 Å². The summed E-state index contributed by atoms with van der Waals surface area (Å²) in [7, 11) is 0. The number of likely N-dealkylation sites (tertiary alicyclic amines) is 1. The molecule has 2 N–H and O–H groups in total. The number of aryl methyl sites for hydroxylation is 2. The summed E-state index contributed by atoms with van der Waals surface area (Å²) >= 11 is 0. The molecule has 0 amide bonds. The summed E-state index contributed by atoms with van der Waals surface area (Å²) in [5.74, 6) is 4.44.